The lowest BCUT2D eigenvalue weighted by molar-refractivity contribution is 0.102. The lowest BCUT2D eigenvalue weighted by Crippen LogP contribution is -2.18. The van der Waals surface area contributed by atoms with E-state index in [4.69, 9.17) is 4.74 Å². The van der Waals surface area contributed by atoms with E-state index >= 15 is 0 Å². The van der Waals surface area contributed by atoms with E-state index in [1.54, 1.807) is 54.3 Å². The maximum absolute atomic E-state index is 12.3. The Bertz CT molecular complexity index is 1110. The van der Waals surface area contributed by atoms with Crippen molar-refractivity contribution in [3.63, 3.8) is 0 Å². The Labute approximate surface area is 156 Å². The van der Waals surface area contributed by atoms with Gasteiger partial charge in [-0.25, -0.2) is 8.42 Å². The summed E-state index contributed by atoms with van der Waals surface area (Å²) in [7, 11) is -1.25. The maximum atomic E-state index is 12.3. The molecule has 1 atom stereocenters. The van der Waals surface area contributed by atoms with Crippen LogP contribution in [-0.4, -0.2) is 46.7 Å². The topological polar surface area (TPSA) is 103 Å². The van der Waals surface area contributed by atoms with Gasteiger partial charge in [0.1, 0.15) is 11.8 Å². The van der Waals surface area contributed by atoms with Gasteiger partial charge in [0.05, 0.1) is 22.4 Å². The van der Waals surface area contributed by atoms with Gasteiger partial charge in [-0.15, -0.1) is 5.10 Å². The summed E-state index contributed by atoms with van der Waals surface area (Å²) in [5, 5.41) is 7.92. The van der Waals surface area contributed by atoms with Crippen LogP contribution in [-0.2, 0) is 16.9 Å². The van der Waals surface area contributed by atoms with E-state index in [9.17, 15) is 13.2 Å². The van der Waals surface area contributed by atoms with Crippen molar-refractivity contribution in [1.29, 1.82) is 0 Å². The number of benzene rings is 1. The van der Waals surface area contributed by atoms with Crippen molar-refractivity contribution in [3.05, 3.63) is 48.3 Å². The molecule has 0 aliphatic carbocycles. The Hall–Kier alpha value is -2.94. The first-order chi connectivity index (χ1) is 12.9. The van der Waals surface area contributed by atoms with Gasteiger partial charge in [0.25, 0.3) is 5.91 Å². The van der Waals surface area contributed by atoms with E-state index < -0.39 is 9.84 Å². The molecule has 1 aliphatic heterocycles. The number of fused-ring (bicyclic) bond motifs is 1. The quantitative estimate of drug-likeness (QED) is 0.733. The summed E-state index contributed by atoms with van der Waals surface area (Å²) in [6.07, 6.45) is 1.65. The summed E-state index contributed by atoms with van der Waals surface area (Å²) in [6.45, 7) is 0. The number of carbonyl (C=O) groups is 1. The van der Waals surface area contributed by atoms with Crippen LogP contribution in [0.5, 0.6) is 5.88 Å². The Morgan fingerprint density at radius 1 is 1.30 bits per heavy atom. The number of pyridine rings is 1. The molecule has 4 rings (SSSR count). The zero-order chi connectivity index (χ0) is 19.0. The second kappa shape index (κ2) is 6.66. The summed E-state index contributed by atoms with van der Waals surface area (Å²) < 4.78 is 30.7. The van der Waals surface area contributed by atoms with Crippen LogP contribution in [0.15, 0.2) is 42.6 Å². The third kappa shape index (κ3) is 3.63. The lowest BCUT2D eigenvalue weighted by atomic mass is 10.2. The minimum Gasteiger partial charge on any atom is -0.472 e. The van der Waals surface area contributed by atoms with Gasteiger partial charge in [0, 0.05) is 18.9 Å². The predicted octanol–water partition coefficient (Wildman–Crippen LogP) is 1.79. The van der Waals surface area contributed by atoms with Crippen molar-refractivity contribution in [1.82, 2.24) is 14.8 Å². The molecule has 27 heavy (non-hydrogen) atoms. The highest BCUT2D eigenvalue weighted by Crippen LogP contribution is 2.29. The van der Waals surface area contributed by atoms with E-state index in [0.717, 1.165) is 10.9 Å². The molecule has 8 nitrogen and oxygen atoms in total. The van der Waals surface area contributed by atoms with Crippen LogP contribution in [0, 0.1) is 0 Å². The lowest BCUT2D eigenvalue weighted by Gasteiger charge is -2.09. The fraction of sp³-hybridized carbons (Fsp3) is 0.278. The number of carbonyl (C=O) groups excluding carboxylic acids is 1. The zero-order valence-electron chi connectivity index (χ0n) is 14.6. The fourth-order valence-corrected chi connectivity index (χ4v) is 4.68. The first-order valence-electron chi connectivity index (χ1n) is 8.47. The standard InChI is InChI=1S/C18H18N4O4S/c1-22-16-10-12(20-17(23)15-4-2-3-8-19-15)5-6-14(16)18(21-22)26-13-7-9-27(24,25)11-13/h2-6,8,10,13H,7,9,11H2,1H3,(H,20,23). The number of nitrogens with zero attached hydrogens (tertiary/aromatic N) is 3. The number of rotatable bonds is 4. The average molecular weight is 386 g/mol. The first kappa shape index (κ1) is 17.5. The summed E-state index contributed by atoms with van der Waals surface area (Å²) in [4.78, 5) is 16.3. The maximum Gasteiger partial charge on any atom is 0.274 e. The third-order valence-corrected chi connectivity index (χ3v) is 6.18. The van der Waals surface area contributed by atoms with Crippen molar-refractivity contribution in [3.8, 4) is 5.88 Å². The molecule has 9 heteroatoms. The summed E-state index contributed by atoms with van der Waals surface area (Å²) in [6, 6.07) is 10.5. The summed E-state index contributed by atoms with van der Waals surface area (Å²) in [5.41, 5.74) is 1.70. The number of aryl methyl sites for hydroxylation is 1. The molecule has 0 bridgehead atoms. The predicted molar refractivity (Wildman–Crippen MR) is 101 cm³/mol. The van der Waals surface area contributed by atoms with Crippen molar-refractivity contribution in [2.24, 2.45) is 7.05 Å². The Morgan fingerprint density at radius 3 is 2.85 bits per heavy atom. The van der Waals surface area contributed by atoms with Gasteiger partial charge in [-0.2, -0.15) is 0 Å². The molecule has 3 heterocycles. The number of amides is 1. The van der Waals surface area contributed by atoms with Crippen LogP contribution in [0.1, 0.15) is 16.9 Å². The first-order valence-corrected chi connectivity index (χ1v) is 10.3. The molecule has 140 valence electrons. The molecule has 1 saturated heterocycles. The van der Waals surface area contributed by atoms with Crippen LogP contribution < -0.4 is 10.1 Å². The largest absolute Gasteiger partial charge is 0.472 e. The monoisotopic (exact) mass is 386 g/mol. The Balaban J connectivity index is 1.57. The second-order valence-corrected chi connectivity index (χ2v) is 8.70. The van der Waals surface area contributed by atoms with E-state index in [2.05, 4.69) is 15.4 Å². The Kier molecular flexibility index (Phi) is 4.31. The summed E-state index contributed by atoms with van der Waals surface area (Å²) in [5.74, 6) is 0.261. The van der Waals surface area contributed by atoms with E-state index in [-0.39, 0.29) is 23.5 Å². The smallest absolute Gasteiger partial charge is 0.274 e. The minimum atomic E-state index is -3.02. The van der Waals surface area contributed by atoms with Crippen LogP contribution in [0.25, 0.3) is 10.9 Å². The number of hydrogen-bond acceptors (Lipinski definition) is 6. The normalized spacial score (nSPS) is 18.5. The van der Waals surface area contributed by atoms with Crippen molar-refractivity contribution >= 4 is 32.3 Å². The minimum absolute atomic E-state index is 0.0171. The van der Waals surface area contributed by atoms with E-state index in [1.807, 2.05) is 0 Å². The molecule has 2 aromatic heterocycles. The highest BCUT2D eigenvalue weighted by Gasteiger charge is 2.30. The van der Waals surface area contributed by atoms with Gasteiger partial charge >= 0.3 is 0 Å². The van der Waals surface area contributed by atoms with E-state index in [0.29, 0.717) is 23.7 Å². The molecule has 1 fully saturated rings. The van der Waals surface area contributed by atoms with Crippen LogP contribution in [0.3, 0.4) is 0 Å². The molecule has 3 aromatic rings. The van der Waals surface area contributed by atoms with Gasteiger partial charge in [0.15, 0.2) is 9.84 Å². The molecule has 1 aromatic carbocycles. The van der Waals surface area contributed by atoms with Gasteiger partial charge in [0.2, 0.25) is 5.88 Å². The number of anilines is 1. The van der Waals surface area contributed by atoms with Gasteiger partial charge in [-0.3, -0.25) is 14.5 Å². The molecule has 0 radical (unpaired) electrons. The SMILES string of the molecule is Cn1nc(OC2CCS(=O)(=O)C2)c2ccc(NC(=O)c3ccccn3)cc21. The van der Waals surface area contributed by atoms with Crippen molar-refractivity contribution < 1.29 is 17.9 Å². The average Bonchev–Trinajstić information content (AvgIpc) is 3.15. The molecular formula is C18H18N4O4S. The third-order valence-electron chi connectivity index (χ3n) is 4.44. The van der Waals surface area contributed by atoms with Crippen LogP contribution >= 0.6 is 0 Å². The highest BCUT2D eigenvalue weighted by molar-refractivity contribution is 7.91. The molecule has 1 aliphatic rings. The Morgan fingerprint density at radius 2 is 2.15 bits per heavy atom. The van der Waals surface area contributed by atoms with Gasteiger partial charge in [-0.1, -0.05) is 6.07 Å². The molecule has 0 saturated carbocycles. The highest BCUT2D eigenvalue weighted by atomic mass is 32.2. The zero-order valence-corrected chi connectivity index (χ0v) is 15.4. The van der Waals surface area contributed by atoms with Gasteiger partial charge < -0.3 is 10.1 Å². The van der Waals surface area contributed by atoms with Crippen molar-refractivity contribution in [2.75, 3.05) is 16.8 Å². The van der Waals surface area contributed by atoms with Gasteiger partial charge in [-0.05, 0) is 36.8 Å². The van der Waals surface area contributed by atoms with Crippen molar-refractivity contribution in [2.45, 2.75) is 12.5 Å². The molecular weight excluding hydrogens is 368 g/mol. The van der Waals surface area contributed by atoms with Crippen LogP contribution in [0.2, 0.25) is 0 Å². The second-order valence-electron chi connectivity index (χ2n) is 6.47. The summed E-state index contributed by atoms with van der Waals surface area (Å²) >= 11 is 0. The van der Waals surface area contributed by atoms with Crippen LogP contribution in [0.4, 0.5) is 5.69 Å². The molecule has 1 unspecified atom stereocenters. The molecule has 0 spiro atoms. The molecule has 1 N–H and O–H groups in total. The molecule has 1 amide bonds. The fourth-order valence-electron chi connectivity index (χ4n) is 3.09. The number of hydrogen-bond donors (Lipinski definition) is 1. The number of ether oxygens (including phenoxy) is 1. The number of nitrogens with one attached hydrogen (secondary N) is 1. The number of aromatic nitrogens is 3. The number of sulfone groups is 1. The van der Waals surface area contributed by atoms with E-state index in [1.165, 1.54) is 0 Å².